The van der Waals surface area contributed by atoms with Crippen molar-refractivity contribution in [2.75, 3.05) is 19.0 Å². The molecule has 1 N–H and O–H groups in total. The molecular formula is C28H27ClN2O2. The molecule has 4 nitrogen and oxygen atoms in total. The normalized spacial score (nSPS) is 20.9. The van der Waals surface area contributed by atoms with Crippen LogP contribution in [0.1, 0.15) is 42.0 Å². The molecule has 0 aromatic heterocycles. The molecule has 0 bridgehead atoms. The van der Waals surface area contributed by atoms with Crippen molar-refractivity contribution in [3.8, 4) is 11.5 Å². The van der Waals surface area contributed by atoms with Crippen LogP contribution in [-0.4, -0.2) is 19.9 Å². The third-order valence-corrected chi connectivity index (χ3v) is 6.71. The Balaban J connectivity index is 1.36. The van der Waals surface area contributed by atoms with Gasteiger partial charge < -0.3 is 14.8 Å². The molecule has 0 fully saturated rings. The van der Waals surface area contributed by atoms with Crippen molar-refractivity contribution in [2.24, 2.45) is 10.9 Å². The Morgan fingerprint density at radius 2 is 1.94 bits per heavy atom. The molecule has 0 unspecified atom stereocenters. The quantitative estimate of drug-likeness (QED) is 0.310. The first-order chi connectivity index (χ1) is 16.2. The minimum atomic E-state index is 0.284. The summed E-state index contributed by atoms with van der Waals surface area (Å²) in [7, 11) is 1.61. The highest BCUT2D eigenvalue weighted by molar-refractivity contribution is 6.32. The predicted octanol–water partition coefficient (Wildman–Crippen LogP) is 7.32. The number of nitrogens with zero attached hydrogens (tertiary/aromatic N) is 1. The summed E-state index contributed by atoms with van der Waals surface area (Å²) in [4.78, 5) is 4.64. The van der Waals surface area contributed by atoms with E-state index in [1.54, 1.807) is 13.3 Å². The van der Waals surface area contributed by atoms with Gasteiger partial charge in [-0.1, -0.05) is 54.1 Å². The molecule has 5 rings (SSSR count). The molecule has 1 aliphatic heterocycles. The standard InChI is InChI=1S/C28H27ClN2O2/c1-3-33-28-24(29)15-18(16-26(28)32-2)17-30-20-13-11-19(12-14-20)27-23-9-6-8-21(23)22-7-4-5-10-25(22)31-27/h4-8,10-17,21,23,27,31H,3,9H2,1-2H3/t21-,23-,27+/m1/s1. The van der Waals surface area contributed by atoms with E-state index >= 15 is 0 Å². The highest BCUT2D eigenvalue weighted by Gasteiger charge is 2.37. The molecule has 0 saturated carbocycles. The van der Waals surface area contributed by atoms with Crippen LogP contribution in [0.2, 0.25) is 5.02 Å². The lowest BCUT2D eigenvalue weighted by atomic mass is 9.77. The zero-order valence-electron chi connectivity index (χ0n) is 18.8. The third kappa shape index (κ3) is 4.23. The number of rotatable bonds is 6. The van der Waals surface area contributed by atoms with Crippen LogP contribution in [0.4, 0.5) is 11.4 Å². The van der Waals surface area contributed by atoms with Gasteiger partial charge in [0.1, 0.15) is 0 Å². The van der Waals surface area contributed by atoms with E-state index in [0.717, 1.165) is 17.7 Å². The Morgan fingerprint density at radius 1 is 1.12 bits per heavy atom. The van der Waals surface area contributed by atoms with Gasteiger partial charge in [0.05, 0.1) is 30.5 Å². The zero-order valence-corrected chi connectivity index (χ0v) is 19.5. The summed E-state index contributed by atoms with van der Waals surface area (Å²) in [5, 5.41) is 4.29. The molecule has 5 heteroatoms. The monoisotopic (exact) mass is 458 g/mol. The summed E-state index contributed by atoms with van der Waals surface area (Å²) in [6.07, 6.45) is 7.58. The van der Waals surface area contributed by atoms with Crippen molar-refractivity contribution in [3.05, 3.63) is 94.5 Å². The average Bonchev–Trinajstić information content (AvgIpc) is 3.34. The molecule has 3 atom stereocenters. The van der Waals surface area contributed by atoms with E-state index < -0.39 is 0 Å². The molecule has 0 spiro atoms. The molecule has 33 heavy (non-hydrogen) atoms. The van der Waals surface area contributed by atoms with E-state index in [4.69, 9.17) is 21.1 Å². The fourth-order valence-corrected chi connectivity index (χ4v) is 5.16. The lowest BCUT2D eigenvalue weighted by Gasteiger charge is -2.37. The number of allylic oxidation sites excluding steroid dienone is 2. The molecule has 0 amide bonds. The SMILES string of the molecule is CCOc1c(Cl)cc(C=Nc2ccc([C@@H]3Nc4ccccc4[C@H]4C=CC[C@H]43)cc2)cc1OC. The highest BCUT2D eigenvalue weighted by atomic mass is 35.5. The van der Waals surface area contributed by atoms with E-state index in [1.165, 1.54) is 16.8 Å². The maximum atomic E-state index is 6.38. The van der Waals surface area contributed by atoms with Gasteiger partial charge >= 0.3 is 0 Å². The lowest BCUT2D eigenvalue weighted by Crippen LogP contribution is -2.28. The molecule has 2 aliphatic rings. The van der Waals surface area contributed by atoms with Gasteiger partial charge in [-0.3, -0.25) is 4.99 Å². The van der Waals surface area contributed by atoms with Crippen molar-refractivity contribution < 1.29 is 9.47 Å². The topological polar surface area (TPSA) is 42.8 Å². The second-order valence-electron chi connectivity index (χ2n) is 8.38. The second kappa shape index (κ2) is 9.32. The van der Waals surface area contributed by atoms with E-state index in [2.05, 4.69) is 71.0 Å². The van der Waals surface area contributed by atoms with Crippen molar-refractivity contribution in [1.82, 2.24) is 0 Å². The molecular weight excluding hydrogens is 432 g/mol. The average molecular weight is 459 g/mol. The van der Waals surface area contributed by atoms with Crippen LogP contribution >= 0.6 is 11.6 Å². The zero-order chi connectivity index (χ0) is 22.8. The number of anilines is 1. The minimum Gasteiger partial charge on any atom is -0.493 e. The fourth-order valence-electron chi connectivity index (χ4n) is 4.89. The number of nitrogens with one attached hydrogen (secondary N) is 1. The second-order valence-corrected chi connectivity index (χ2v) is 8.79. The summed E-state index contributed by atoms with van der Waals surface area (Å²) in [6.45, 7) is 2.44. The highest BCUT2D eigenvalue weighted by Crippen LogP contribution is 2.49. The third-order valence-electron chi connectivity index (χ3n) is 6.43. The minimum absolute atomic E-state index is 0.284. The number of ether oxygens (including phenoxy) is 2. The Hall–Kier alpha value is -3.24. The van der Waals surface area contributed by atoms with Crippen LogP contribution < -0.4 is 14.8 Å². The smallest absolute Gasteiger partial charge is 0.179 e. The number of hydrogen-bond acceptors (Lipinski definition) is 4. The molecule has 1 aliphatic carbocycles. The van der Waals surface area contributed by atoms with Gasteiger partial charge in [0.25, 0.3) is 0 Å². The van der Waals surface area contributed by atoms with Crippen LogP contribution in [-0.2, 0) is 0 Å². The van der Waals surface area contributed by atoms with E-state index in [0.29, 0.717) is 35.0 Å². The molecule has 3 aromatic carbocycles. The predicted molar refractivity (Wildman–Crippen MR) is 136 cm³/mol. The summed E-state index contributed by atoms with van der Waals surface area (Å²) < 4.78 is 11.0. The van der Waals surface area contributed by atoms with Crippen LogP contribution in [0.25, 0.3) is 0 Å². The molecule has 1 heterocycles. The van der Waals surface area contributed by atoms with Crippen molar-refractivity contribution >= 4 is 29.2 Å². The molecule has 0 saturated heterocycles. The molecule has 0 radical (unpaired) electrons. The van der Waals surface area contributed by atoms with E-state index in [9.17, 15) is 0 Å². The summed E-state index contributed by atoms with van der Waals surface area (Å²) in [6, 6.07) is 21.1. The maximum Gasteiger partial charge on any atom is 0.179 e. The van der Waals surface area contributed by atoms with Crippen LogP contribution in [0.5, 0.6) is 11.5 Å². The molecule has 3 aromatic rings. The van der Waals surface area contributed by atoms with Gasteiger partial charge in [0.15, 0.2) is 11.5 Å². The van der Waals surface area contributed by atoms with E-state index in [1.807, 2.05) is 19.1 Å². The van der Waals surface area contributed by atoms with Gasteiger partial charge in [-0.25, -0.2) is 0 Å². The van der Waals surface area contributed by atoms with Crippen LogP contribution in [0, 0.1) is 5.92 Å². The number of halogens is 1. The first-order valence-corrected chi connectivity index (χ1v) is 11.7. The number of hydrogen-bond donors (Lipinski definition) is 1. The summed E-state index contributed by atoms with van der Waals surface area (Å²) in [5.74, 6) is 2.17. The van der Waals surface area contributed by atoms with Crippen molar-refractivity contribution in [1.29, 1.82) is 0 Å². The van der Waals surface area contributed by atoms with Crippen molar-refractivity contribution in [2.45, 2.75) is 25.3 Å². The maximum absolute atomic E-state index is 6.38. The number of benzene rings is 3. The Morgan fingerprint density at radius 3 is 2.73 bits per heavy atom. The number of para-hydroxylation sites is 1. The first-order valence-electron chi connectivity index (χ1n) is 11.3. The van der Waals surface area contributed by atoms with Gasteiger partial charge in [-0.15, -0.1) is 0 Å². The van der Waals surface area contributed by atoms with E-state index in [-0.39, 0.29) is 6.04 Å². The Labute approximate surface area is 199 Å². The Kier molecular flexibility index (Phi) is 6.10. The first kappa shape index (κ1) is 21.6. The summed E-state index contributed by atoms with van der Waals surface area (Å²) >= 11 is 6.38. The van der Waals surface area contributed by atoms with Gasteiger partial charge in [0, 0.05) is 17.8 Å². The van der Waals surface area contributed by atoms with Crippen molar-refractivity contribution in [3.63, 3.8) is 0 Å². The van der Waals surface area contributed by atoms with Crippen LogP contribution in [0.15, 0.2) is 77.8 Å². The molecule has 168 valence electrons. The summed E-state index contributed by atoms with van der Waals surface area (Å²) in [5.41, 5.74) is 5.67. The fraction of sp³-hybridized carbons (Fsp3) is 0.250. The Bertz CT molecular complexity index is 1200. The lowest BCUT2D eigenvalue weighted by molar-refractivity contribution is 0.311. The van der Waals surface area contributed by atoms with Crippen LogP contribution in [0.3, 0.4) is 0 Å². The number of fused-ring (bicyclic) bond motifs is 3. The number of aliphatic imine (C=N–C) groups is 1. The van der Waals surface area contributed by atoms with Gasteiger partial charge in [-0.05, 0) is 66.3 Å². The number of methoxy groups -OCH3 is 1. The van der Waals surface area contributed by atoms with Gasteiger partial charge in [0.2, 0.25) is 0 Å². The van der Waals surface area contributed by atoms with Gasteiger partial charge in [-0.2, -0.15) is 0 Å². The largest absolute Gasteiger partial charge is 0.493 e.